The second-order valence-electron chi connectivity index (χ2n) is 7.60. The first-order chi connectivity index (χ1) is 14.9. The summed E-state index contributed by atoms with van der Waals surface area (Å²) in [6.45, 7) is 8.52. The van der Waals surface area contributed by atoms with Crippen molar-refractivity contribution in [1.82, 2.24) is 24.7 Å². The number of hydrogen-bond acceptors (Lipinski definition) is 7. The topological polar surface area (TPSA) is 96.7 Å². The number of aryl methyl sites for hydroxylation is 1. The average Bonchev–Trinajstić information content (AvgIpc) is 2.97. The summed E-state index contributed by atoms with van der Waals surface area (Å²) in [4.78, 5) is 28.0. The Morgan fingerprint density at radius 2 is 2.19 bits per heavy atom. The third-order valence-electron chi connectivity index (χ3n) is 5.14. The fraction of sp³-hybridized carbons (Fsp3) is 0.429. The number of halogens is 1. The Morgan fingerprint density at radius 1 is 1.35 bits per heavy atom. The molecule has 0 aliphatic carbocycles. The third kappa shape index (κ3) is 4.58. The first-order valence-corrected chi connectivity index (χ1v) is 10.4. The van der Waals surface area contributed by atoms with E-state index in [0.717, 1.165) is 26.1 Å². The number of imidazole rings is 1. The monoisotopic (exact) mass is 427 g/mol. The molecule has 164 valence electrons. The molecule has 1 fully saturated rings. The summed E-state index contributed by atoms with van der Waals surface area (Å²) < 4.78 is 21.5. The quantitative estimate of drug-likeness (QED) is 0.645. The zero-order valence-corrected chi connectivity index (χ0v) is 17.9. The number of hydrogen-bond donors (Lipinski definition) is 2. The number of nitrogens with zero attached hydrogens (tertiary/aromatic N) is 5. The van der Waals surface area contributed by atoms with E-state index >= 15 is 0 Å². The molecule has 1 aliphatic heterocycles. The van der Waals surface area contributed by atoms with Gasteiger partial charge in [-0.2, -0.15) is 4.98 Å². The number of anilines is 2. The number of fused-ring (bicyclic) bond motifs is 1. The van der Waals surface area contributed by atoms with E-state index in [1.807, 2.05) is 6.92 Å². The van der Waals surface area contributed by atoms with E-state index < -0.39 is 11.7 Å². The van der Waals surface area contributed by atoms with Crippen LogP contribution in [0.3, 0.4) is 0 Å². The summed E-state index contributed by atoms with van der Waals surface area (Å²) in [6, 6.07) is 1.67. The van der Waals surface area contributed by atoms with Gasteiger partial charge in [0.1, 0.15) is 5.56 Å². The summed E-state index contributed by atoms with van der Waals surface area (Å²) in [5, 5.41) is 6.13. The van der Waals surface area contributed by atoms with Crippen LogP contribution in [-0.2, 0) is 0 Å². The Labute approximate surface area is 179 Å². The van der Waals surface area contributed by atoms with Crippen LogP contribution >= 0.6 is 0 Å². The molecule has 2 N–H and O–H groups in total. The second kappa shape index (κ2) is 8.84. The number of rotatable bonds is 5. The van der Waals surface area contributed by atoms with Crippen LogP contribution in [0.1, 0.15) is 36.3 Å². The number of nitrogens with one attached hydrogen (secondary N) is 2. The van der Waals surface area contributed by atoms with E-state index in [1.54, 1.807) is 19.3 Å². The minimum atomic E-state index is -0.522. The highest BCUT2D eigenvalue weighted by atomic mass is 19.1. The lowest BCUT2D eigenvalue weighted by Gasteiger charge is -2.21. The van der Waals surface area contributed by atoms with Crippen molar-refractivity contribution in [3.63, 3.8) is 0 Å². The molecule has 31 heavy (non-hydrogen) atoms. The van der Waals surface area contributed by atoms with Gasteiger partial charge in [0.05, 0.1) is 18.0 Å². The molecule has 3 aromatic rings. The molecule has 10 heteroatoms. The Balaban J connectivity index is 1.58. The van der Waals surface area contributed by atoms with Gasteiger partial charge in [-0.25, -0.2) is 14.4 Å². The van der Waals surface area contributed by atoms with E-state index in [1.165, 1.54) is 16.7 Å². The Kier molecular flexibility index (Phi) is 5.99. The standard InChI is InChI=1S/C21H26FN7O2/c1-4-31-20-16(10-24-21(27-20)28-7-5-13(2)23-6-8-28)19(30)26-15-9-17(22)18-25-14(3)11-29(18)12-15/h9-13,23H,4-8H2,1-3H3,(H,26,30). The Bertz CT molecular complexity index is 1100. The van der Waals surface area contributed by atoms with Gasteiger partial charge < -0.3 is 24.7 Å². The van der Waals surface area contributed by atoms with Gasteiger partial charge in [-0.3, -0.25) is 4.79 Å². The minimum Gasteiger partial charge on any atom is -0.477 e. The van der Waals surface area contributed by atoms with Crippen LogP contribution in [0, 0.1) is 12.7 Å². The Morgan fingerprint density at radius 3 is 3.00 bits per heavy atom. The lowest BCUT2D eigenvalue weighted by atomic mass is 10.2. The van der Waals surface area contributed by atoms with E-state index in [0.29, 0.717) is 30.0 Å². The normalized spacial score (nSPS) is 16.9. The lowest BCUT2D eigenvalue weighted by molar-refractivity contribution is 0.102. The number of pyridine rings is 1. The van der Waals surface area contributed by atoms with Gasteiger partial charge in [0.2, 0.25) is 11.8 Å². The third-order valence-corrected chi connectivity index (χ3v) is 5.14. The molecule has 1 atom stereocenters. The lowest BCUT2D eigenvalue weighted by Crippen LogP contribution is -2.30. The SMILES string of the molecule is CCOc1nc(N2CCNC(C)CC2)ncc1C(=O)Nc1cc(F)c2nc(C)cn2c1. The highest BCUT2D eigenvalue weighted by molar-refractivity contribution is 6.05. The fourth-order valence-corrected chi connectivity index (χ4v) is 3.57. The van der Waals surface area contributed by atoms with E-state index in [9.17, 15) is 9.18 Å². The summed E-state index contributed by atoms with van der Waals surface area (Å²) in [5.41, 5.74) is 1.38. The number of amides is 1. The minimum absolute atomic E-state index is 0.189. The molecule has 4 rings (SSSR count). The van der Waals surface area contributed by atoms with Gasteiger partial charge in [0.25, 0.3) is 5.91 Å². The zero-order chi connectivity index (χ0) is 22.0. The van der Waals surface area contributed by atoms with Gasteiger partial charge >= 0.3 is 0 Å². The molecule has 0 saturated carbocycles. The molecule has 1 unspecified atom stereocenters. The van der Waals surface area contributed by atoms with E-state index in [2.05, 4.69) is 37.4 Å². The number of carbonyl (C=O) groups is 1. The van der Waals surface area contributed by atoms with Crippen LogP contribution in [0.5, 0.6) is 5.88 Å². The summed E-state index contributed by atoms with van der Waals surface area (Å²) in [7, 11) is 0. The first-order valence-electron chi connectivity index (χ1n) is 10.4. The van der Waals surface area contributed by atoms with Gasteiger partial charge in [-0.05, 0) is 27.2 Å². The smallest absolute Gasteiger partial charge is 0.262 e. The second-order valence-corrected chi connectivity index (χ2v) is 7.60. The van der Waals surface area contributed by atoms with Gasteiger partial charge in [-0.15, -0.1) is 0 Å². The summed E-state index contributed by atoms with van der Waals surface area (Å²) in [5.74, 6) is -0.268. The predicted molar refractivity (Wildman–Crippen MR) is 115 cm³/mol. The molecular formula is C21H26FN7O2. The first kappa shape index (κ1) is 21.0. The van der Waals surface area contributed by atoms with Crippen LogP contribution in [-0.4, -0.2) is 57.5 Å². The zero-order valence-electron chi connectivity index (χ0n) is 17.9. The highest BCUT2D eigenvalue weighted by Gasteiger charge is 2.21. The predicted octanol–water partition coefficient (Wildman–Crippen LogP) is 2.41. The van der Waals surface area contributed by atoms with E-state index in [4.69, 9.17) is 4.74 Å². The highest BCUT2D eigenvalue weighted by Crippen LogP contribution is 2.22. The van der Waals surface area contributed by atoms with Crippen LogP contribution < -0.4 is 20.3 Å². The molecule has 0 bridgehead atoms. The van der Waals surface area contributed by atoms with Crippen molar-refractivity contribution in [3.05, 3.63) is 41.7 Å². The van der Waals surface area contributed by atoms with E-state index in [-0.39, 0.29) is 17.1 Å². The molecule has 0 radical (unpaired) electrons. The van der Waals surface area contributed by atoms with Gasteiger partial charge in [-0.1, -0.05) is 0 Å². The van der Waals surface area contributed by atoms with Crippen molar-refractivity contribution in [2.45, 2.75) is 33.2 Å². The van der Waals surface area contributed by atoms with Crippen molar-refractivity contribution in [1.29, 1.82) is 0 Å². The van der Waals surface area contributed by atoms with Crippen molar-refractivity contribution < 1.29 is 13.9 Å². The fourth-order valence-electron chi connectivity index (χ4n) is 3.57. The maximum Gasteiger partial charge on any atom is 0.262 e. The van der Waals surface area contributed by atoms with Crippen LogP contribution in [0.15, 0.2) is 24.7 Å². The van der Waals surface area contributed by atoms with Crippen LogP contribution in [0.4, 0.5) is 16.0 Å². The molecule has 1 amide bonds. The maximum absolute atomic E-state index is 14.3. The van der Waals surface area contributed by atoms with Gasteiger partial charge in [0.15, 0.2) is 11.5 Å². The number of carbonyl (C=O) groups excluding carboxylic acids is 1. The summed E-state index contributed by atoms with van der Waals surface area (Å²) >= 11 is 0. The molecule has 1 saturated heterocycles. The number of aromatic nitrogens is 4. The molecular weight excluding hydrogens is 401 g/mol. The van der Waals surface area contributed by atoms with Crippen LogP contribution in [0.25, 0.3) is 5.65 Å². The molecule has 4 heterocycles. The molecule has 1 aliphatic rings. The molecule has 3 aromatic heterocycles. The van der Waals surface area contributed by atoms with Crippen molar-refractivity contribution in [2.24, 2.45) is 0 Å². The van der Waals surface area contributed by atoms with Crippen LogP contribution in [0.2, 0.25) is 0 Å². The average molecular weight is 427 g/mol. The molecule has 9 nitrogen and oxygen atoms in total. The van der Waals surface area contributed by atoms with Crippen molar-refractivity contribution in [3.8, 4) is 5.88 Å². The van der Waals surface area contributed by atoms with Crippen molar-refractivity contribution in [2.75, 3.05) is 36.5 Å². The molecule has 0 aromatic carbocycles. The van der Waals surface area contributed by atoms with Crippen molar-refractivity contribution >= 4 is 23.2 Å². The maximum atomic E-state index is 14.3. The number of ether oxygens (including phenoxy) is 1. The van der Waals surface area contributed by atoms with Gasteiger partial charge in [0, 0.05) is 50.3 Å². The largest absolute Gasteiger partial charge is 0.477 e. The molecule has 0 spiro atoms. The summed E-state index contributed by atoms with van der Waals surface area (Å²) in [6.07, 6.45) is 5.73. The Hall–Kier alpha value is -3.27.